The molecule has 0 amide bonds. The van der Waals surface area contributed by atoms with Crippen LogP contribution in [0.1, 0.15) is 51.3 Å². The molecule has 7 heteroatoms. The number of hydrogen-bond donors (Lipinski definition) is 1. The number of ether oxygens (including phenoxy) is 5. The van der Waals surface area contributed by atoms with Gasteiger partial charge in [-0.2, -0.15) is 0 Å². The molecule has 6 nitrogen and oxygen atoms in total. The summed E-state index contributed by atoms with van der Waals surface area (Å²) in [7, 11) is 8.19. The molecule has 6 rings (SSSR count). The van der Waals surface area contributed by atoms with Gasteiger partial charge < -0.3 is 28.8 Å². The molecule has 2 bridgehead atoms. The third kappa shape index (κ3) is 3.02. The predicted octanol–water partition coefficient (Wildman–Crippen LogP) is 5.16. The Hall–Kier alpha value is -2.90. The first-order valence-electron chi connectivity index (χ1n) is 10.5. The standard InChI is InChI=1S/C26H25BrO6/c1-29-12-6-7-14-15(8-12)20-16-9-13(30-2)10-17(31-3)21(16)24(26(14)28)23-22(20)18(32-4)11-19(33-5)25(23)27/h6-11,20,24,26,28H,1-5H3. The quantitative estimate of drug-likeness (QED) is 0.508. The largest absolute Gasteiger partial charge is 0.497 e. The van der Waals surface area contributed by atoms with Crippen LogP contribution in [0.4, 0.5) is 0 Å². The summed E-state index contributed by atoms with van der Waals surface area (Å²) in [6.07, 6.45) is -0.827. The number of hydrogen-bond acceptors (Lipinski definition) is 6. The van der Waals surface area contributed by atoms with Crippen molar-refractivity contribution in [2.45, 2.75) is 17.9 Å². The summed E-state index contributed by atoms with van der Waals surface area (Å²) in [5.74, 6) is 2.74. The van der Waals surface area contributed by atoms with E-state index in [9.17, 15) is 5.11 Å². The predicted molar refractivity (Wildman–Crippen MR) is 128 cm³/mol. The summed E-state index contributed by atoms with van der Waals surface area (Å²) < 4.78 is 29.3. The van der Waals surface area contributed by atoms with Gasteiger partial charge in [0.25, 0.3) is 0 Å². The van der Waals surface area contributed by atoms with Crippen molar-refractivity contribution in [1.82, 2.24) is 0 Å². The van der Waals surface area contributed by atoms with Gasteiger partial charge in [0.2, 0.25) is 0 Å². The van der Waals surface area contributed by atoms with Crippen LogP contribution >= 0.6 is 15.9 Å². The Bertz CT molecular complexity index is 1250. The molecule has 0 fully saturated rings. The summed E-state index contributed by atoms with van der Waals surface area (Å²) >= 11 is 3.77. The average molecular weight is 513 g/mol. The molecular weight excluding hydrogens is 488 g/mol. The number of benzene rings is 3. The van der Waals surface area contributed by atoms with Crippen LogP contribution in [0.5, 0.6) is 28.7 Å². The summed E-state index contributed by atoms with van der Waals surface area (Å²) in [4.78, 5) is 0. The van der Waals surface area contributed by atoms with E-state index in [4.69, 9.17) is 23.7 Å². The molecule has 3 aliphatic rings. The lowest BCUT2D eigenvalue weighted by Crippen LogP contribution is -2.21. The number of aliphatic hydroxyl groups is 1. The first-order chi connectivity index (χ1) is 16.0. The molecular formula is C26H25BrO6. The third-order valence-corrected chi connectivity index (χ3v) is 7.59. The van der Waals surface area contributed by atoms with Crippen molar-refractivity contribution in [2.24, 2.45) is 0 Å². The molecule has 0 saturated heterocycles. The van der Waals surface area contributed by atoms with Crippen molar-refractivity contribution in [3.05, 3.63) is 74.3 Å². The second-order valence-corrected chi connectivity index (χ2v) is 8.90. The lowest BCUT2D eigenvalue weighted by molar-refractivity contribution is 0.157. The fourth-order valence-corrected chi connectivity index (χ4v) is 6.10. The van der Waals surface area contributed by atoms with Gasteiger partial charge in [-0.3, -0.25) is 0 Å². The second kappa shape index (κ2) is 8.15. The van der Waals surface area contributed by atoms with Crippen LogP contribution in [0.3, 0.4) is 0 Å². The molecule has 33 heavy (non-hydrogen) atoms. The minimum Gasteiger partial charge on any atom is -0.497 e. The molecule has 172 valence electrons. The van der Waals surface area contributed by atoms with Crippen molar-refractivity contribution < 1.29 is 28.8 Å². The molecule has 3 aliphatic carbocycles. The van der Waals surface area contributed by atoms with E-state index in [2.05, 4.69) is 15.9 Å². The molecule has 0 saturated carbocycles. The average Bonchev–Trinajstić information content (AvgIpc) is 3.02. The maximum absolute atomic E-state index is 11.9. The van der Waals surface area contributed by atoms with E-state index in [0.717, 1.165) is 43.6 Å². The summed E-state index contributed by atoms with van der Waals surface area (Å²) in [6, 6.07) is 11.6. The topological polar surface area (TPSA) is 66.4 Å². The van der Waals surface area contributed by atoms with Crippen LogP contribution in [0, 0.1) is 0 Å². The SMILES string of the molecule is COc1ccc2c(c1)C1c3cc(OC)cc(OC)c3C(c3c(Br)c(OC)cc(OC)c31)C2O. The maximum atomic E-state index is 11.9. The van der Waals surface area contributed by atoms with Crippen LogP contribution in [0.25, 0.3) is 0 Å². The zero-order chi connectivity index (χ0) is 23.4. The smallest absolute Gasteiger partial charge is 0.137 e. The van der Waals surface area contributed by atoms with E-state index in [1.807, 2.05) is 36.4 Å². The van der Waals surface area contributed by atoms with Gasteiger partial charge in [0, 0.05) is 35.1 Å². The minimum atomic E-state index is -0.827. The van der Waals surface area contributed by atoms with Gasteiger partial charge in [-0.15, -0.1) is 0 Å². The Balaban J connectivity index is 1.98. The fourth-order valence-electron chi connectivity index (χ4n) is 5.36. The number of methoxy groups -OCH3 is 5. The number of rotatable bonds is 5. The monoisotopic (exact) mass is 512 g/mol. The van der Waals surface area contributed by atoms with E-state index >= 15 is 0 Å². The molecule has 0 heterocycles. The lowest BCUT2D eigenvalue weighted by atomic mass is 9.71. The maximum Gasteiger partial charge on any atom is 0.137 e. The van der Waals surface area contributed by atoms with Crippen molar-refractivity contribution in [3.8, 4) is 28.7 Å². The van der Waals surface area contributed by atoms with Gasteiger partial charge >= 0.3 is 0 Å². The van der Waals surface area contributed by atoms with Gasteiger partial charge in [0.15, 0.2) is 0 Å². The third-order valence-electron chi connectivity index (χ3n) is 6.77. The van der Waals surface area contributed by atoms with Gasteiger partial charge in [-0.25, -0.2) is 0 Å². The summed E-state index contributed by atoms with van der Waals surface area (Å²) in [6.45, 7) is 0. The Labute approximate surface area is 201 Å². The van der Waals surface area contributed by atoms with Gasteiger partial charge in [0.05, 0.1) is 46.1 Å². The molecule has 0 aliphatic heterocycles. The van der Waals surface area contributed by atoms with E-state index in [1.165, 1.54) is 0 Å². The summed E-state index contributed by atoms with van der Waals surface area (Å²) in [5.41, 5.74) is 5.63. The molecule has 3 unspecified atom stereocenters. The Morgan fingerprint density at radius 2 is 1.27 bits per heavy atom. The van der Waals surface area contributed by atoms with Gasteiger partial charge in [0.1, 0.15) is 28.7 Å². The molecule has 3 aromatic rings. The van der Waals surface area contributed by atoms with Crippen LogP contribution in [-0.2, 0) is 0 Å². The minimum absolute atomic E-state index is 0.241. The zero-order valence-electron chi connectivity index (χ0n) is 19.1. The zero-order valence-corrected chi connectivity index (χ0v) is 20.6. The highest BCUT2D eigenvalue weighted by Crippen LogP contribution is 2.62. The Kier molecular flexibility index (Phi) is 5.41. The Morgan fingerprint density at radius 1 is 0.636 bits per heavy atom. The van der Waals surface area contributed by atoms with Crippen molar-refractivity contribution in [3.63, 3.8) is 0 Å². The van der Waals surface area contributed by atoms with E-state index in [-0.39, 0.29) is 5.92 Å². The van der Waals surface area contributed by atoms with Crippen LogP contribution in [0.2, 0.25) is 0 Å². The van der Waals surface area contributed by atoms with Gasteiger partial charge in [-0.05, 0) is 56.4 Å². The first-order valence-corrected chi connectivity index (χ1v) is 11.3. The highest BCUT2D eigenvalue weighted by atomic mass is 79.9. The highest BCUT2D eigenvalue weighted by molar-refractivity contribution is 9.10. The normalized spacial score (nSPS) is 19.7. The highest BCUT2D eigenvalue weighted by Gasteiger charge is 2.47. The molecule has 0 aromatic heterocycles. The van der Waals surface area contributed by atoms with Crippen LogP contribution in [0.15, 0.2) is 40.9 Å². The van der Waals surface area contributed by atoms with Crippen molar-refractivity contribution in [1.29, 1.82) is 0 Å². The molecule has 3 aromatic carbocycles. The van der Waals surface area contributed by atoms with Crippen LogP contribution in [-0.4, -0.2) is 40.7 Å². The van der Waals surface area contributed by atoms with E-state index in [0.29, 0.717) is 23.0 Å². The first kappa shape index (κ1) is 21.9. The van der Waals surface area contributed by atoms with Gasteiger partial charge in [-0.1, -0.05) is 6.07 Å². The number of halogens is 1. The summed E-state index contributed by atoms with van der Waals surface area (Å²) in [5, 5.41) is 11.9. The van der Waals surface area contributed by atoms with Crippen LogP contribution < -0.4 is 23.7 Å². The Morgan fingerprint density at radius 3 is 1.91 bits per heavy atom. The lowest BCUT2D eigenvalue weighted by Gasteiger charge is -2.35. The molecule has 0 radical (unpaired) electrons. The van der Waals surface area contributed by atoms with E-state index in [1.54, 1.807) is 35.5 Å². The van der Waals surface area contributed by atoms with E-state index < -0.39 is 12.0 Å². The molecule has 1 N–H and O–H groups in total. The molecule has 3 atom stereocenters. The second-order valence-electron chi connectivity index (χ2n) is 8.11. The molecule has 0 spiro atoms. The van der Waals surface area contributed by atoms with Crippen molar-refractivity contribution in [2.75, 3.05) is 35.5 Å². The van der Waals surface area contributed by atoms with Crippen molar-refractivity contribution >= 4 is 15.9 Å². The number of aliphatic hydroxyl groups excluding tert-OH is 1. The fraction of sp³-hybridized carbons (Fsp3) is 0.308.